The van der Waals surface area contributed by atoms with Crippen LogP contribution in [-0.2, 0) is 16.1 Å². The number of para-hydroxylation sites is 1. The molecule has 2 heterocycles. The van der Waals surface area contributed by atoms with E-state index in [-0.39, 0.29) is 19.1 Å². The number of thiophene rings is 1. The summed E-state index contributed by atoms with van der Waals surface area (Å²) in [6, 6.07) is 12.7. The standard InChI is InChI=1S/C16H13ClN2O3S/c17-12-4-1-2-5-13(12)18-16(20)10-21-9-11-8-14(22-19-11)15-6-3-7-23-15/h1-8H,9-10H2,(H,18,20). The molecular weight excluding hydrogens is 336 g/mol. The molecule has 7 heteroatoms. The normalized spacial score (nSPS) is 10.7. The number of amides is 1. The van der Waals surface area contributed by atoms with Gasteiger partial charge in [0.05, 0.1) is 22.2 Å². The third-order valence-corrected chi connectivity index (χ3v) is 4.17. The number of nitrogens with zero attached hydrogens (tertiary/aromatic N) is 1. The van der Waals surface area contributed by atoms with Gasteiger partial charge in [-0.15, -0.1) is 11.3 Å². The van der Waals surface area contributed by atoms with Crippen LogP contribution in [0.1, 0.15) is 5.69 Å². The molecule has 0 fully saturated rings. The van der Waals surface area contributed by atoms with Gasteiger partial charge in [-0.25, -0.2) is 0 Å². The summed E-state index contributed by atoms with van der Waals surface area (Å²) in [4.78, 5) is 12.8. The van der Waals surface area contributed by atoms with Crippen LogP contribution in [0.2, 0.25) is 5.02 Å². The van der Waals surface area contributed by atoms with Gasteiger partial charge in [0.15, 0.2) is 5.76 Å². The second-order valence-electron chi connectivity index (χ2n) is 4.68. The lowest BCUT2D eigenvalue weighted by atomic mass is 10.3. The summed E-state index contributed by atoms with van der Waals surface area (Å²) >= 11 is 7.54. The fourth-order valence-electron chi connectivity index (χ4n) is 1.91. The number of nitrogens with one attached hydrogen (secondary N) is 1. The molecular formula is C16H13ClN2O3S. The summed E-state index contributed by atoms with van der Waals surface area (Å²) in [6.45, 7) is 0.108. The van der Waals surface area contributed by atoms with E-state index >= 15 is 0 Å². The van der Waals surface area contributed by atoms with Crippen molar-refractivity contribution in [1.29, 1.82) is 0 Å². The van der Waals surface area contributed by atoms with E-state index in [0.717, 1.165) is 4.88 Å². The highest BCUT2D eigenvalue weighted by atomic mass is 35.5. The molecule has 0 saturated carbocycles. The third kappa shape index (κ3) is 4.19. The maximum Gasteiger partial charge on any atom is 0.250 e. The van der Waals surface area contributed by atoms with Crippen LogP contribution in [0.3, 0.4) is 0 Å². The number of rotatable bonds is 6. The Morgan fingerprint density at radius 3 is 2.96 bits per heavy atom. The molecule has 0 aliphatic heterocycles. The van der Waals surface area contributed by atoms with E-state index in [2.05, 4.69) is 10.5 Å². The van der Waals surface area contributed by atoms with Crippen molar-refractivity contribution in [1.82, 2.24) is 5.16 Å². The summed E-state index contributed by atoms with van der Waals surface area (Å²) in [5.74, 6) is 0.416. The molecule has 118 valence electrons. The Morgan fingerprint density at radius 2 is 2.17 bits per heavy atom. The van der Waals surface area contributed by atoms with Crippen molar-refractivity contribution in [2.24, 2.45) is 0 Å². The maximum atomic E-state index is 11.8. The molecule has 3 rings (SSSR count). The van der Waals surface area contributed by atoms with Crippen molar-refractivity contribution in [3.63, 3.8) is 0 Å². The van der Waals surface area contributed by atoms with Gasteiger partial charge in [0.2, 0.25) is 5.91 Å². The summed E-state index contributed by atoms with van der Waals surface area (Å²) in [5, 5.41) is 9.06. The van der Waals surface area contributed by atoms with Crippen molar-refractivity contribution in [2.45, 2.75) is 6.61 Å². The lowest BCUT2D eigenvalue weighted by molar-refractivity contribution is -0.121. The van der Waals surface area contributed by atoms with Crippen LogP contribution in [-0.4, -0.2) is 17.7 Å². The second-order valence-corrected chi connectivity index (χ2v) is 6.04. The molecule has 0 radical (unpaired) electrons. The van der Waals surface area contributed by atoms with E-state index in [9.17, 15) is 4.79 Å². The van der Waals surface area contributed by atoms with Crippen molar-refractivity contribution in [2.75, 3.05) is 11.9 Å². The molecule has 23 heavy (non-hydrogen) atoms. The minimum Gasteiger partial charge on any atom is -0.365 e. The zero-order valence-electron chi connectivity index (χ0n) is 12.0. The summed E-state index contributed by atoms with van der Waals surface area (Å²) in [6.07, 6.45) is 0. The zero-order chi connectivity index (χ0) is 16.1. The average molecular weight is 349 g/mol. The summed E-state index contributed by atoms with van der Waals surface area (Å²) in [7, 11) is 0. The number of carbonyl (C=O) groups excluding carboxylic acids is 1. The number of halogens is 1. The molecule has 1 amide bonds. The monoisotopic (exact) mass is 348 g/mol. The zero-order valence-corrected chi connectivity index (χ0v) is 13.6. The Morgan fingerprint density at radius 1 is 1.30 bits per heavy atom. The summed E-state index contributed by atoms with van der Waals surface area (Å²) < 4.78 is 10.6. The first-order valence-corrected chi connectivity index (χ1v) is 8.10. The molecule has 0 aliphatic carbocycles. The Bertz CT molecular complexity index is 786. The number of benzene rings is 1. The van der Waals surface area contributed by atoms with Gasteiger partial charge in [0.25, 0.3) is 0 Å². The van der Waals surface area contributed by atoms with E-state index in [1.54, 1.807) is 41.7 Å². The molecule has 0 aliphatic rings. The minimum atomic E-state index is -0.278. The second kappa shape index (κ2) is 7.41. The topological polar surface area (TPSA) is 64.4 Å². The van der Waals surface area contributed by atoms with Crippen molar-refractivity contribution in [3.05, 3.63) is 58.6 Å². The van der Waals surface area contributed by atoms with Crippen molar-refractivity contribution in [3.8, 4) is 10.6 Å². The Kier molecular flexibility index (Phi) is 5.07. The van der Waals surface area contributed by atoms with E-state index in [1.807, 2.05) is 17.5 Å². The summed E-state index contributed by atoms with van der Waals surface area (Å²) in [5.41, 5.74) is 1.20. The van der Waals surface area contributed by atoms with Gasteiger partial charge in [0.1, 0.15) is 12.3 Å². The van der Waals surface area contributed by atoms with Crippen LogP contribution in [0.25, 0.3) is 10.6 Å². The van der Waals surface area contributed by atoms with E-state index in [1.165, 1.54) is 0 Å². The van der Waals surface area contributed by atoms with E-state index in [4.69, 9.17) is 20.9 Å². The quantitative estimate of drug-likeness (QED) is 0.724. The van der Waals surface area contributed by atoms with Crippen LogP contribution in [0.4, 0.5) is 5.69 Å². The van der Waals surface area contributed by atoms with Gasteiger partial charge >= 0.3 is 0 Å². The molecule has 1 aromatic carbocycles. The fraction of sp³-hybridized carbons (Fsp3) is 0.125. The lowest BCUT2D eigenvalue weighted by Crippen LogP contribution is -2.18. The van der Waals surface area contributed by atoms with Crippen LogP contribution in [0.15, 0.2) is 52.4 Å². The first kappa shape index (κ1) is 15.7. The maximum absolute atomic E-state index is 11.8. The van der Waals surface area contributed by atoms with E-state index in [0.29, 0.717) is 22.2 Å². The lowest BCUT2D eigenvalue weighted by Gasteiger charge is -2.06. The van der Waals surface area contributed by atoms with Gasteiger partial charge in [-0.3, -0.25) is 4.79 Å². The number of aromatic nitrogens is 1. The minimum absolute atomic E-state index is 0.0909. The first-order valence-electron chi connectivity index (χ1n) is 6.84. The van der Waals surface area contributed by atoms with Crippen molar-refractivity contribution >= 4 is 34.5 Å². The number of hydrogen-bond donors (Lipinski definition) is 1. The molecule has 2 aromatic heterocycles. The number of ether oxygens (including phenoxy) is 1. The van der Waals surface area contributed by atoms with Gasteiger partial charge in [0, 0.05) is 6.07 Å². The molecule has 3 aromatic rings. The number of carbonyl (C=O) groups is 1. The third-order valence-electron chi connectivity index (χ3n) is 2.95. The van der Waals surface area contributed by atoms with Crippen LogP contribution in [0.5, 0.6) is 0 Å². The predicted molar refractivity (Wildman–Crippen MR) is 89.6 cm³/mol. The molecule has 0 bridgehead atoms. The molecule has 5 nitrogen and oxygen atoms in total. The number of anilines is 1. The molecule has 0 unspecified atom stereocenters. The Hall–Kier alpha value is -2.15. The highest BCUT2D eigenvalue weighted by Crippen LogP contribution is 2.25. The highest BCUT2D eigenvalue weighted by molar-refractivity contribution is 7.13. The Labute approximate surface area is 141 Å². The van der Waals surface area contributed by atoms with Gasteiger partial charge in [-0.05, 0) is 23.6 Å². The van der Waals surface area contributed by atoms with Crippen LogP contribution >= 0.6 is 22.9 Å². The SMILES string of the molecule is O=C(COCc1cc(-c2cccs2)on1)Nc1ccccc1Cl. The van der Waals surface area contributed by atoms with Gasteiger partial charge in [-0.2, -0.15) is 0 Å². The van der Waals surface area contributed by atoms with Crippen LogP contribution in [0, 0.1) is 0 Å². The molecule has 0 saturated heterocycles. The largest absolute Gasteiger partial charge is 0.365 e. The first-order chi connectivity index (χ1) is 11.2. The molecule has 0 spiro atoms. The predicted octanol–water partition coefficient (Wildman–Crippen LogP) is 4.21. The number of hydrogen-bond acceptors (Lipinski definition) is 5. The highest BCUT2D eigenvalue weighted by Gasteiger charge is 2.09. The fourth-order valence-corrected chi connectivity index (χ4v) is 2.77. The van der Waals surface area contributed by atoms with Crippen LogP contribution < -0.4 is 5.32 Å². The van der Waals surface area contributed by atoms with Crippen molar-refractivity contribution < 1.29 is 14.1 Å². The smallest absolute Gasteiger partial charge is 0.250 e. The molecule has 1 N–H and O–H groups in total. The van der Waals surface area contributed by atoms with Gasteiger partial charge in [-0.1, -0.05) is 35.0 Å². The molecule has 0 atom stereocenters. The Balaban J connectivity index is 1.48. The van der Waals surface area contributed by atoms with E-state index < -0.39 is 0 Å². The van der Waals surface area contributed by atoms with Gasteiger partial charge < -0.3 is 14.6 Å². The average Bonchev–Trinajstić information content (AvgIpc) is 3.20.